The SMILES string of the molecule is COc1ccc(CC(=O)c2cccnc2)cn1. The third-order valence-electron chi connectivity index (χ3n) is 2.35. The Morgan fingerprint density at radius 1 is 1.29 bits per heavy atom. The molecule has 4 heteroatoms. The molecule has 2 heterocycles. The molecule has 0 unspecified atom stereocenters. The highest BCUT2D eigenvalue weighted by molar-refractivity contribution is 5.97. The average Bonchev–Trinajstić information content (AvgIpc) is 2.40. The smallest absolute Gasteiger partial charge is 0.212 e. The minimum absolute atomic E-state index is 0.0325. The molecule has 2 aromatic heterocycles. The van der Waals surface area contributed by atoms with Crippen LogP contribution in [-0.2, 0) is 6.42 Å². The topological polar surface area (TPSA) is 52.1 Å². The van der Waals surface area contributed by atoms with E-state index in [1.54, 1.807) is 43.9 Å². The minimum Gasteiger partial charge on any atom is -0.481 e. The van der Waals surface area contributed by atoms with E-state index in [0.717, 1.165) is 5.56 Å². The summed E-state index contributed by atoms with van der Waals surface area (Å²) in [4.78, 5) is 19.8. The highest BCUT2D eigenvalue weighted by Crippen LogP contribution is 2.09. The van der Waals surface area contributed by atoms with Crippen LogP contribution in [0.2, 0.25) is 0 Å². The van der Waals surface area contributed by atoms with Crippen molar-refractivity contribution in [1.29, 1.82) is 0 Å². The molecule has 0 aromatic carbocycles. The summed E-state index contributed by atoms with van der Waals surface area (Å²) in [6.45, 7) is 0. The lowest BCUT2D eigenvalue weighted by molar-refractivity contribution is 0.0992. The van der Waals surface area contributed by atoms with Crippen LogP contribution in [0, 0.1) is 0 Å². The van der Waals surface area contributed by atoms with Gasteiger partial charge in [-0.05, 0) is 17.7 Å². The van der Waals surface area contributed by atoms with Crippen molar-refractivity contribution < 1.29 is 9.53 Å². The lowest BCUT2D eigenvalue weighted by Gasteiger charge is -2.02. The Morgan fingerprint density at radius 3 is 2.76 bits per heavy atom. The normalized spacial score (nSPS) is 9.94. The first-order chi connectivity index (χ1) is 8.29. The number of carbonyl (C=O) groups excluding carboxylic acids is 1. The van der Waals surface area contributed by atoms with Crippen molar-refractivity contribution in [2.45, 2.75) is 6.42 Å². The van der Waals surface area contributed by atoms with Crippen LogP contribution in [-0.4, -0.2) is 22.9 Å². The summed E-state index contributed by atoms with van der Waals surface area (Å²) in [7, 11) is 1.56. The van der Waals surface area contributed by atoms with Crippen LogP contribution >= 0.6 is 0 Å². The molecule has 4 nitrogen and oxygen atoms in total. The second kappa shape index (κ2) is 5.21. The Labute approximate surface area is 99.3 Å². The number of hydrogen-bond acceptors (Lipinski definition) is 4. The number of ether oxygens (including phenoxy) is 1. The molecule has 0 saturated heterocycles. The van der Waals surface area contributed by atoms with E-state index in [9.17, 15) is 4.79 Å². The van der Waals surface area contributed by atoms with Crippen LogP contribution in [0.5, 0.6) is 5.88 Å². The number of rotatable bonds is 4. The summed E-state index contributed by atoms with van der Waals surface area (Å²) in [5.74, 6) is 0.577. The van der Waals surface area contributed by atoms with Crippen molar-refractivity contribution in [3.63, 3.8) is 0 Å². The van der Waals surface area contributed by atoms with Crippen molar-refractivity contribution in [2.24, 2.45) is 0 Å². The van der Waals surface area contributed by atoms with Crippen LogP contribution in [0.25, 0.3) is 0 Å². The minimum atomic E-state index is 0.0325. The van der Waals surface area contributed by atoms with Gasteiger partial charge in [0.2, 0.25) is 5.88 Å². The van der Waals surface area contributed by atoms with Crippen molar-refractivity contribution in [3.05, 3.63) is 54.0 Å². The Morgan fingerprint density at radius 2 is 2.18 bits per heavy atom. The summed E-state index contributed by atoms with van der Waals surface area (Å²) in [5, 5.41) is 0. The third-order valence-corrected chi connectivity index (χ3v) is 2.35. The molecule has 17 heavy (non-hydrogen) atoms. The summed E-state index contributed by atoms with van der Waals surface area (Å²) in [6, 6.07) is 7.08. The Kier molecular flexibility index (Phi) is 3.45. The van der Waals surface area contributed by atoms with Gasteiger partial charge in [0.05, 0.1) is 7.11 Å². The second-order valence-corrected chi connectivity index (χ2v) is 3.55. The van der Waals surface area contributed by atoms with Gasteiger partial charge in [-0.3, -0.25) is 9.78 Å². The van der Waals surface area contributed by atoms with Crippen LogP contribution in [0.1, 0.15) is 15.9 Å². The monoisotopic (exact) mass is 228 g/mol. The van der Waals surface area contributed by atoms with E-state index >= 15 is 0 Å². The Hall–Kier alpha value is -2.23. The van der Waals surface area contributed by atoms with Gasteiger partial charge in [-0.1, -0.05) is 6.07 Å². The van der Waals surface area contributed by atoms with Gasteiger partial charge < -0.3 is 4.74 Å². The van der Waals surface area contributed by atoms with Gasteiger partial charge >= 0.3 is 0 Å². The molecule has 0 saturated carbocycles. The van der Waals surface area contributed by atoms with E-state index in [0.29, 0.717) is 17.9 Å². The zero-order valence-electron chi connectivity index (χ0n) is 9.46. The Balaban J connectivity index is 2.08. The molecule has 0 amide bonds. The maximum atomic E-state index is 11.9. The number of Topliss-reactive ketones (excluding diaryl/α,β-unsaturated/α-hetero) is 1. The second-order valence-electron chi connectivity index (χ2n) is 3.55. The van der Waals surface area contributed by atoms with E-state index in [-0.39, 0.29) is 5.78 Å². The molecule has 2 rings (SSSR count). The van der Waals surface area contributed by atoms with Crippen molar-refractivity contribution >= 4 is 5.78 Å². The number of nitrogens with zero attached hydrogens (tertiary/aromatic N) is 2. The fraction of sp³-hybridized carbons (Fsp3) is 0.154. The maximum absolute atomic E-state index is 11.9. The number of ketones is 1. The van der Waals surface area contributed by atoms with Crippen molar-refractivity contribution in [1.82, 2.24) is 9.97 Å². The molecular formula is C13H12N2O2. The highest BCUT2D eigenvalue weighted by atomic mass is 16.5. The molecule has 0 aliphatic heterocycles. The fourth-order valence-corrected chi connectivity index (χ4v) is 1.45. The van der Waals surface area contributed by atoms with Crippen LogP contribution < -0.4 is 4.74 Å². The van der Waals surface area contributed by atoms with Crippen LogP contribution in [0.15, 0.2) is 42.9 Å². The maximum Gasteiger partial charge on any atom is 0.212 e. The van der Waals surface area contributed by atoms with Crippen molar-refractivity contribution in [2.75, 3.05) is 7.11 Å². The fourth-order valence-electron chi connectivity index (χ4n) is 1.45. The largest absolute Gasteiger partial charge is 0.481 e. The highest BCUT2D eigenvalue weighted by Gasteiger charge is 2.07. The molecule has 86 valence electrons. The zero-order chi connectivity index (χ0) is 12.1. The standard InChI is InChI=1S/C13H12N2O2/c1-17-13-5-4-10(8-15-13)7-12(16)11-3-2-6-14-9-11/h2-6,8-9H,7H2,1H3. The number of methoxy groups -OCH3 is 1. The first-order valence-electron chi connectivity index (χ1n) is 5.22. The van der Waals surface area contributed by atoms with E-state index in [1.165, 1.54) is 0 Å². The summed E-state index contributed by atoms with van der Waals surface area (Å²) in [6.07, 6.45) is 5.18. The Bertz CT molecular complexity index is 495. The number of carbonyl (C=O) groups is 1. The van der Waals surface area contributed by atoms with Gasteiger partial charge in [-0.15, -0.1) is 0 Å². The molecular weight excluding hydrogens is 216 g/mol. The molecule has 0 fully saturated rings. The van der Waals surface area contributed by atoms with Crippen molar-refractivity contribution in [3.8, 4) is 5.88 Å². The van der Waals surface area contributed by atoms with Gasteiger partial charge in [0.1, 0.15) is 0 Å². The molecule has 0 radical (unpaired) electrons. The number of pyridine rings is 2. The first kappa shape index (κ1) is 11.3. The summed E-state index contributed by atoms with van der Waals surface area (Å²) >= 11 is 0. The predicted octanol–water partition coefficient (Wildman–Crippen LogP) is 1.91. The predicted molar refractivity (Wildman–Crippen MR) is 63.1 cm³/mol. The zero-order valence-corrected chi connectivity index (χ0v) is 9.46. The number of hydrogen-bond donors (Lipinski definition) is 0. The third kappa shape index (κ3) is 2.87. The van der Waals surface area contributed by atoms with Gasteiger partial charge in [-0.25, -0.2) is 4.98 Å². The lowest BCUT2D eigenvalue weighted by atomic mass is 10.1. The molecule has 2 aromatic rings. The summed E-state index contributed by atoms with van der Waals surface area (Å²) in [5.41, 5.74) is 1.47. The van der Waals surface area contributed by atoms with Gasteiger partial charge in [0.15, 0.2) is 5.78 Å². The van der Waals surface area contributed by atoms with Gasteiger partial charge in [0, 0.05) is 36.6 Å². The molecule has 0 N–H and O–H groups in total. The summed E-state index contributed by atoms with van der Waals surface area (Å²) < 4.78 is 4.95. The first-order valence-corrected chi connectivity index (χ1v) is 5.22. The van der Waals surface area contributed by atoms with Gasteiger partial charge in [-0.2, -0.15) is 0 Å². The number of aromatic nitrogens is 2. The molecule has 0 bridgehead atoms. The van der Waals surface area contributed by atoms with Gasteiger partial charge in [0.25, 0.3) is 0 Å². The molecule has 0 spiro atoms. The molecule has 0 aliphatic carbocycles. The van der Waals surface area contributed by atoms with E-state index in [1.807, 2.05) is 6.07 Å². The quantitative estimate of drug-likeness (QED) is 0.750. The van der Waals surface area contributed by atoms with E-state index in [2.05, 4.69) is 9.97 Å². The average molecular weight is 228 g/mol. The van der Waals surface area contributed by atoms with E-state index < -0.39 is 0 Å². The lowest BCUT2D eigenvalue weighted by Crippen LogP contribution is -2.04. The van der Waals surface area contributed by atoms with Crippen LogP contribution in [0.3, 0.4) is 0 Å². The van der Waals surface area contributed by atoms with E-state index in [4.69, 9.17) is 4.74 Å². The molecule has 0 atom stereocenters. The van der Waals surface area contributed by atoms with Crippen LogP contribution in [0.4, 0.5) is 0 Å². The molecule has 0 aliphatic rings.